The highest BCUT2D eigenvalue weighted by molar-refractivity contribution is 5.77. The lowest BCUT2D eigenvalue weighted by atomic mass is 9.96. The van der Waals surface area contributed by atoms with Gasteiger partial charge in [0.25, 0.3) is 0 Å². The van der Waals surface area contributed by atoms with E-state index in [-0.39, 0.29) is 24.2 Å². The number of carbonyl (C=O) groups excluding carboxylic acids is 1. The maximum absolute atomic E-state index is 13.5. The molecular weight excluding hydrogens is 347 g/mol. The zero-order valence-electron chi connectivity index (χ0n) is 15.1. The second-order valence-corrected chi connectivity index (χ2v) is 6.79. The van der Waals surface area contributed by atoms with Crippen LogP contribution in [-0.2, 0) is 9.53 Å². The second-order valence-electron chi connectivity index (χ2n) is 6.79. The number of methoxy groups -OCH3 is 1. The Kier molecular flexibility index (Phi) is 4.85. The number of ether oxygens (including phenoxy) is 1. The molecule has 0 radical (unpaired) electrons. The molecule has 140 valence electrons. The number of hydrogen-bond donors (Lipinski definition) is 0. The van der Waals surface area contributed by atoms with Gasteiger partial charge in [-0.25, -0.2) is 13.9 Å². The van der Waals surface area contributed by atoms with Gasteiger partial charge in [0.2, 0.25) is 5.91 Å². The summed E-state index contributed by atoms with van der Waals surface area (Å²) in [6, 6.07) is 10.3. The molecule has 0 saturated carbocycles. The molecule has 0 N–H and O–H groups in total. The van der Waals surface area contributed by atoms with Crippen molar-refractivity contribution in [2.75, 3.05) is 26.8 Å². The van der Waals surface area contributed by atoms with Gasteiger partial charge in [-0.3, -0.25) is 4.79 Å². The predicted octanol–water partition coefficient (Wildman–Crippen LogP) is 2.89. The van der Waals surface area contributed by atoms with Crippen LogP contribution in [-0.4, -0.2) is 52.2 Å². The maximum atomic E-state index is 13.5. The van der Waals surface area contributed by atoms with Crippen molar-refractivity contribution in [1.29, 1.82) is 0 Å². The first kappa shape index (κ1) is 17.6. The van der Waals surface area contributed by atoms with Crippen molar-refractivity contribution < 1.29 is 13.9 Å². The van der Waals surface area contributed by atoms with E-state index in [2.05, 4.69) is 10.1 Å². The van der Waals surface area contributed by atoms with Crippen LogP contribution in [0.2, 0.25) is 0 Å². The normalized spacial score (nSPS) is 15.4. The fraction of sp³-hybridized carbons (Fsp3) is 0.350. The van der Waals surface area contributed by atoms with E-state index in [1.54, 1.807) is 10.6 Å². The van der Waals surface area contributed by atoms with Gasteiger partial charge >= 0.3 is 0 Å². The molecule has 2 aromatic heterocycles. The quantitative estimate of drug-likeness (QED) is 0.711. The molecule has 1 saturated heterocycles. The number of benzene rings is 1. The molecule has 1 amide bonds. The van der Waals surface area contributed by atoms with E-state index >= 15 is 0 Å². The molecule has 0 unspecified atom stereocenters. The number of halogens is 1. The van der Waals surface area contributed by atoms with Gasteiger partial charge in [-0.15, -0.1) is 0 Å². The monoisotopic (exact) mass is 368 g/mol. The molecule has 1 aliphatic heterocycles. The van der Waals surface area contributed by atoms with E-state index in [0.29, 0.717) is 13.1 Å². The highest BCUT2D eigenvalue weighted by Crippen LogP contribution is 2.27. The fourth-order valence-corrected chi connectivity index (χ4v) is 3.51. The summed E-state index contributed by atoms with van der Waals surface area (Å²) in [6.07, 6.45) is 3.55. The first-order valence-corrected chi connectivity index (χ1v) is 9.03. The van der Waals surface area contributed by atoms with Crippen LogP contribution in [0.15, 0.2) is 42.6 Å². The van der Waals surface area contributed by atoms with E-state index < -0.39 is 0 Å². The molecule has 3 aromatic rings. The Balaban J connectivity index is 1.52. The van der Waals surface area contributed by atoms with E-state index in [0.717, 1.165) is 35.4 Å². The summed E-state index contributed by atoms with van der Waals surface area (Å²) in [7, 11) is 1.53. The Bertz CT molecular complexity index is 964. The number of amides is 1. The summed E-state index contributed by atoms with van der Waals surface area (Å²) in [6.45, 7) is 1.51. The van der Waals surface area contributed by atoms with Crippen molar-refractivity contribution in [2.45, 2.75) is 18.8 Å². The summed E-state index contributed by atoms with van der Waals surface area (Å²) >= 11 is 0. The SMILES string of the molecule is COCC(=O)N1CCC(c2nc3ccc(-c4cccc(F)c4)cn3n2)CC1. The minimum atomic E-state index is -0.262. The maximum Gasteiger partial charge on any atom is 0.248 e. The van der Waals surface area contributed by atoms with Crippen LogP contribution in [0, 0.1) is 5.82 Å². The first-order chi connectivity index (χ1) is 13.1. The number of hydrogen-bond acceptors (Lipinski definition) is 4. The van der Waals surface area contributed by atoms with E-state index in [1.807, 2.05) is 29.3 Å². The lowest BCUT2D eigenvalue weighted by molar-refractivity contribution is -0.136. The van der Waals surface area contributed by atoms with Gasteiger partial charge in [0, 0.05) is 37.9 Å². The molecule has 1 fully saturated rings. The minimum Gasteiger partial charge on any atom is -0.375 e. The smallest absolute Gasteiger partial charge is 0.248 e. The Labute approximate surface area is 156 Å². The molecule has 0 aliphatic carbocycles. The van der Waals surface area contributed by atoms with Crippen molar-refractivity contribution in [3.05, 3.63) is 54.2 Å². The Morgan fingerprint density at radius 3 is 2.78 bits per heavy atom. The number of pyridine rings is 1. The molecular formula is C20H21FN4O2. The number of fused-ring (bicyclic) bond motifs is 1. The van der Waals surface area contributed by atoms with Crippen LogP contribution in [0.3, 0.4) is 0 Å². The van der Waals surface area contributed by atoms with Gasteiger partial charge in [0.1, 0.15) is 12.4 Å². The van der Waals surface area contributed by atoms with Crippen molar-refractivity contribution in [2.24, 2.45) is 0 Å². The standard InChI is InChI=1S/C20H21FN4O2/c1-27-13-19(26)24-9-7-14(8-10-24)20-22-18-6-5-16(12-25(18)23-20)15-3-2-4-17(21)11-15/h2-6,11-12,14H,7-10,13H2,1H3. The minimum absolute atomic E-state index is 0.0265. The Morgan fingerprint density at radius 1 is 1.22 bits per heavy atom. The van der Waals surface area contributed by atoms with Crippen LogP contribution in [0.4, 0.5) is 4.39 Å². The van der Waals surface area contributed by atoms with Crippen LogP contribution >= 0.6 is 0 Å². The van der Waals surface area contributed by atoms with E-state index in [9.17, 15) is 9.18 Å². The average Bonchev–Trinajstić information content (AvgIpc) is 3.11. The zero-order chi connectivity index (χ0) is 18.8. The fourth-order valence-electron chi connectivity index (χ4n) is 3.51. The molecule has 0 bridgehead atoms. The largest absolute Gasteiger partial charge is 0.375 e. The zero-order valence-corrected chi connectivity index (χ0v) is 15.1. The number of aromatic nitrogens is 3. The van der Waals surface area contributed by atoms with Crippen molar-refractivity contribution in [1.82, 2.24) is 19.5 Å². The number of likely N-dealkylation sites (tertiary alicyclic amines) is 1. The lowest BCUT2D eigenvalue weighted by Crippen LogP contribution is -2.39. The number of carbonyl (C=O) groups is 1. The molecule has 4 rings (SSSR count). The van der Waals surface area contributed by atoms with Crippen molar-refractivity contribution in [3.8, 4) is 11.1 Å². The number of piperidine rings is 1. The summed E-state index contributed by atoms with van der Waals surface area (Å²) in [5, 5.41) is 4.63. The number of nitrogens with zero attached hydrogens (tertiary/aromatic N) is 4. The Morgan fingerprint density at radius 2 is 2.04 bits per heavy atom. The molecule has 0 atom stereocenters. The summed E-state index contributed by atoms with van der Waals surface area (Å²) in [5.41, 5.74) is 2.46. The molecule has 1 aliphatic rings. The molecule has 3 heterocycles. The predicted molar refractivity (Wildman–Crippen MR) is 98.8 cm³/mol. The van der Waals surface area contributed by atoms with Crippen LogP contribution in [0.1, 0.15) is 24.6 Å². The summed E-state index contributed by atoms with van der Waals surface area (Å²) in [4.78, 5) is 18.4. The van der Waals surface area contributed by atoms with Crippen LogP contribution in [0.5, 0.6) is 0 Å². The highest BCUT2D eigenvalue weighted by atomic mass is 19.1. The topological polar surface area (TPSA) is 59.7 Å². The second kappa shape index (κ2) is 7.44. The van der Waals surface area contributed by atoms with Gasteiger partial charge in [0.05, 0.1) is 0 Å². The third-order valence-corrected chi connectivity index (χ3v) is 4.99. The molecule has 6 nitrogen and oxygen atoms in total. The van der Waals surface area contributed by atoms with Gasteiger partial charge in [0.15, 0.2) is 11.5 Å². The van der Waals surface area contributed by atoms with Crippen molar-refractivity contribution in [3.63, 3.8) is 0 Å². The van der Waals surface area contributed by atoms with Gasteiger partial charge < -0.3 is 9.64 Å². The molecule has 1 aromatic carbocycles. The number of rotatable bonds is 4. The Hall–Kier alpha value is -2.80. The lowest BCUT2D eigenvalue weighted by Gasteiger charge is -2.30. The first-order valence-electron chi connectivity index (χ1n) is 9.03. The van der Waals surface area contributed by atoms with E-state index in [4.69, 9.17) is 4.74 Å². The van der Waals surface area contributed by atoms with Gasteiger partial charge in [-0.05, 0) is 42.7 Å². The summed E-state index contributed by atoms with van der Waals surface area (Å²) in [5.74, 6) is 0.791. The van der Waals surface area contributed by atoms with Crippen LogP contribution < -0.4 is 0 Å². The van der Waals surface area contributed by atoms with E-state index in [1.165, 1.54) is 19.2 Å². The van der Waals surface area contributed by atoms with Crippen molar-refractivity contribution >= 4 is 11.6 Å². The van der Waals surface area contributed by atoms with Crippen LogP contribution in [0.25, 0.3) is 16.8 Å². The summed E-state index contributed by atoms with van der Waals surface area (Å²) < 4.78 is 20.1. The molecule has 27 heavy (non-hydrogen) atoms. The third kappa shape index (κ3) is 3.68. The average molecular weight is 368 g/mol. The molecule has 0 spiro atoms. The highest BCUT2D eigenvalue weighted by Gasteiger charge is 2.26. The van der Waals surface area contributed by atoms with Gasteiger partial charge in [-0.2, -0.15) is 5.10 Å². The van der Waals surface area contributed by atoms with Gasteiger partial charge in [-0.1, -0.05) is 12.1 Å². The molecule has 7 heteroatoms. The third-order valence-electron chi connectivity index (χ3n) is 4.99.